The topological polar surface area (TPSA) is 49.8 Å². The fourth-order valence-corrected chi connectivity index (χ4v) is 2.64. The van der Waals surface area contributed by atoms with Crippen LogP contribution < -0.4 is 0 Å². The minimum Gasteiger partial charge on any atom is -0.480 e. The van der Waals surface area contributed by atoms with E-state index >= 15 is 0 Å². The molecule has 1 heterocycles. The van der Waals surface area contributed by atoms with Crippen LogP contribution in [0.4, 0.5) is 0 Å². The summed E-state index contributed by atoms with van der Waals surface area (Å²) in [6.07, 6.45) is 0.366. The molecule has 1 atom stereocenters. The Kier molecular flexibility index (Phi) is 5.05. The van der Waals surface area contributed by atoms with Gasteiger partial charge in [-0.05, 0) is 17.7 Å². The predicted molar refractivity (Wildman–Crippen MR) is 74.0 cm³/mol. The fourth-order valence-electron chi connectivity index (χ4n) is 2.16. The number of morpholine rings is 1. The first-order valence-corrected chi connectivity index (χ1v) is 6.82. The molecule has 1 aromatic carbocycles. The summed E-state index contributed by atoms with van der Waals surface area (Å²) < 4.78 is 5.24. The van der Waals surface area contributed by atoms with Crippen molar-refractivity contribution in [1.82, 2.24) is 4.90 Å². The van der Waals surface area contributed by atoms with E-state index < -0.39 is 12.0 Å². The smallest absolute Gasteiger partial charge is 0.321 e. The molecule has 19 heavy (non-hydrogen) atoms. The summed E-state index contributed by atoms with van der Waals surface area (Å²) >= 11 is 11.9. The molecule has 1 aromatic rings. The monoisotopic (exact) mass is 303 g/mol. The third-order valence-corrected chi connectivity index (χ3v) is 3.79. The van der Waals surface area contributed by atoms with Gasteiger partial charge in [-0.3, -0.25) is 9.69 Å². The van der Waals surface area contributed by atoms with Crippen LogP contribution in [0.2, 0.25) is 10.0 Å². The highest BCUT2D eigenvalue weighted by Crippen LogP contribution is 2.23. The Morgan fingerprint density at radius 2 is 2.05 bits per heavy atom. The van der Waals surface area contributed by atoms with Crippen molar-refractivity contribution in [2.75, 3.05) is 26.3 Å². The van der Waals surface area contributed by atoms with E-state index in [1.54, 1.807) is 18.2 Å². The third kappa shape index (κ3) is 3.83. The molecule has 0 saturated carbocycles. The quantitative estimate of drug-likeness (QED) is 0.927. The zero-order chi connectivity index (χ0) is 13.8. The maximum Gasteiger partial charge on any atom is 0.321 e. The van der Waals surface area contributed by atoms with Gasteiger partial charge in [0.05, 0.1) is 13.2 Å². The van der Waals surface area contributed by atoms with Crippen LogP contribution in [0.5, 0.6) is 0 Å². The molecule has 1 aliphatic heterocycles. The molecule has 0 amide bonds. The van der Waals surface area contributed by atoms with Crippen molar-refractivity contribution >= 4 is 29.2 Å². The fraction of sp³-hybridized carbons (Fsp3) is 0.462. The predicted octanol–water partition coefficient (Wildman–Crippen LogP) is 2.32. The SMILES string of the molecule is O=C(O)[C@@H](Cc1ccc(Cl)cc1Cl)N1CCOCC1. The Hall–Kier alpha value is -0.810. The molecule has 2 rings (SSSR count). The summed E-state index contributed by atoms with van der Waals surface area (Å²) in [5, 5.41) is 10.4. The molecular weight excluding hydrogens is 289 g/mol. The average Bonchev–Trinajstić information content (AvgIpc) is 2.38. The molecule has 1 N–H and O–H groups in total. The first-order chi connectivity index (χ1) is 9.08. The summed E-state index contributed by atoms with van der Waals surface area (Å²) in [6, 6.07) is 4.56. The Morgan fingerprint density at radius 1 is 1.37 bits per heavy atom. The Balaban J connectivity index is 2.13. The first-order valence-electron chi connectivity index (χ1n) is 6.06. The third-order valence-electron chi connectivity index (χ3n) is 3.20. The number of rotatable bonds is 4. The summed E-state index contributed by atoms with van der Waals surface area (Å²) in [7, 11) is 0. The van der Waals surface area contributed by atoms with E-state index in [9.17, 15) is 9.90 Å². The summed E-state index contributed by atoms with van der Waals surface area (Å²) in [6.45, 7) is 2.39. The maximum atomic E-state index is 11.4. The van der Waals surface area contributed by atoms with Gasteiger partial charge in [-0.25, -0.2) is 0 Å². The Bertz CT molecular complexity index is 461. The van der Waals surface area contributed by atoms with Gasteiger partial charge in [-0.2, -0.15) is 0 Å². The van der Waals surface area contributed by atoms with E-state index in [0.717, 1.165) is 5.56 Å². The van der Waals surface area contributed by atoms with Gasteiger partial charge in [0.2, 0.25) is 0 Å². The second-order valence-corrected chi connectivity index (χ2v) is 5.29. The Morgan fingerprint density at radius 3 is 2.63 bits per heavy atom. The van der Waals surface area contributed by atoms with Crippen molar-refractivity contribution in [2.45, 2.75) is 12.5 Å². The molecular formula is C13H15Cl2NO3. The lowest BCUT2D eigenvalue weighted by Gasteiger charge is -2.32. The van der Waals surface area contributed by atoms with Gasteiger partial charge in [0, 0.05) is 29.6 Å². The van der Waals surface area contributed by atoms with Crippen LogP contribution in [-0.4, -0.2) is 48.3 Å². The van der Waals surface area contributed by atoms with Crippen molar-refractivity contribution in [2.24, 2.45) is 0 Å². The highest BCUT2D eigenvalue weighted by molar-refractivity contribution is 6.35. The van der Waals surface area contributed by atoms with Crippen LogP contribution in [0.25, 0.3) is 0 Å². The van der Waals surface area contributed by atoms with Crippen LogP contribution in [0.1, 0.15) is 5.56 Å². The van der Waals surface area contributed by atoms with Gasteiger partial charge in [0.15, 0.2) is 0 Å². The largest absolute Gasteiger partial charge is 0.480 e. The van der Waals surface area contributed by atoms with Gasteiger partial charge in [-0.15, -0.1) is 0 Å². The molecule has 6 heteroatoms. The second-order valence-electron chi connectivity index (χ2n) is 4.44. The highest BCUT2D eigenvalue weighted by atomic mass is 35.5. The number of halogens is 2. The van der Waals surface area contributed by atoms with Crippen LogP contribution >= 0.6 is 23.2 Å². The normalized spacial score (nSPS) is 18.2. The van der Waals surface area contributed by atoms with Crippen LogP contribution in [0.15, 0.2) is 18.2 Å². The molecule has 0 radical (unpaired) electrons. The average molecular weight is 304 g/mol. The summed E-state index contributed by atoms with van der Waals surface area (Å²) in [4.78, 5) is 13.3. The molecule has 4 nitrogen and oxygen atoms in total. The molecule has 1 fully saturated rings. The van der Waals surface area contributed by atoms with E-state index in [4.69, 9.17) is 27.9 Å². The van der Waals surface area contributed by atoms with Crippen molar-refractivity contribution in [3.05, 3.63) is 33.8 Å². The van der Waals surface area contributed by atoms with Gasteiger partial charge in [0.1, 0.15) is 6.04 Å². The number of ether oxygens (including phenoxy) is 1. The number of benzene rings is 1. The van der Waals surface area contributed by atoms with Gasteiger partial charge in [-0.1, -0.05) is 29.3 Å². The molecule has 0 unspecified atom stereocenters. The summed E-state index contributed by atoms with van der Waals surface area (Å²) in [5.41, 5.74) is 0.796. The second kappa shape index (κ2) is 6.57. The number of carboxylic acids is 1. The molecule has 0 aromatic heterocycles. The van der Waals surface area contributed by atoms with Crippen LogP contribution in [-0.2, 0) is 16.0 Å². The van der Waals surface area contributed by atoms with E-state index in [-0.39, 0.29) is 0 Å². The van der Waals surface area contributed by atoms with E-state index in [1.165, 1.54) is 0 Å². The van der Waals surface area contributed by atoms with Gasteiger partial charge in [0.25, 0.3) is 0 Å². The molecule has 1 aliphatic rings. The summed E-state index contributed by atoms with van der Waals surface area (Å²) in [5.74, 6) is -0.840. The maximum absolute atomic E-state index is 11.4. The molecule has 104 valence electrons. The number of aliphatic carboxylic acids is 1. The van der Waals surface area contributed by atoms with Gasteiger partial charge >= 0.3 is 5.97 Å². The zero-order valence-electron chi connectivity index (χ0n) is 10.3. The van der Waals surface area contributed by atoms with Gasteiger partial charge < -0.3 is 9.84 Å². The minimum atomic E-state index is -0.840. The number of carboxylic acid groups (broad SMARTS) is 1. The first kappa shape index (κ1) is 14.6. The Labute approximate surface area is 121 Å². The number of carbonyl (C=O) groups is 1. The van der Waals surface area contributed by atoms with Crippen molar-refractivity contribution in [1.29, 1.82) is 0 Å². The molecule has 0 spiro atoms. The number of nitrogens with zero attached hydrogens (tertiary/aromatic N) is 1. The number of hydrogen-bond donors (Lipinski definition) is 1. The number of hydrogen-bond acceptors (Lipinski definition) is 3. The minimum absolute atomic E-state index is 0.366. The highest BCUT2D eigenvalue weighted by Gasteiger charge is 2.27. The van der Waals surface area contributed by atoms with Crippen molar-refractivity contribution in [3.63, 3.8) is 0 Å². The lowest BCUT2D eigenvalue weighted by atomic mass is 10.0. The lowest BCUT2D eigenvalue weighted by Crippen LogP contribution is -2.48. The lowest BCUT2D eigenvalue weighted by molar-refractivity contribution is -0.145. The molecule has 0 bridgehead atoms. The molecule has 0 aliphatic carbocycles. The standard InChI is InChI=1S/C13H15Cl2NO3/c14-10-2-1-9(11(15)8-10)7-12(13(17)18)16-3-5-19-6-4-16/h1-2,8,12H,3-7H2,(H,17,18)/t12-/m1/s1. The zero-order valence-corrected chi connectivity index (χ0v) is 11.8. The van der Waals surface area contributed by atoms with Crippen molar-refractivity contribution in [3.8, 4) is 0 Å². The van der Waals surface area contributed by atoms with E-state index in [1.807, 2.05) is 4.90 Å². The van der Waals surface area contributed by atoms with E-state index in [0.29, 0.717) is 42.8 Å². The van der Waals surface area contributed by atoms with Crippen molar-refractivity contribution < 1.29 is 14.6 Å². The van der Waals surface area contributed by atoms with E-state index in [2.05, 4.69) is 0 Å². The van der Waals surface area contributed by atoms with Crippen LogP contribution in [0.3, 0.4) is 0 Å². The molecule has 1 saturated heterocycles. The van der Waals surface area contributed by atoms with Crippen LogP contribution in [0, 0.1) is 0 Å².